The minimum Gasteiger partial charge on any atom is -0.493 e. The first kappa shape index (κ1) is 34.1. The summed E-state index contributed by atoms with van der Waals surface area (Å²) in [5.41, 5.74) is 12.6. The highest BCUT2D eigenvalue weighted by Crippen LogP contribution is 2.31. The molecule has 0 radical (unpaired) electrons. The summed E-state index contributed by atoms with van der Waals surface area (Å²) in [6.07, 6.45) is 2.11. The maximum atomic E-state index is 11.3. The molecule has 0 fully saturated rings. The quantitative estimate of drug-likeness (QED) is 0.387. The third-order valence-electron chi connectivity index (χ3n) is 4.47. The van der Waals surface area contributed by atoms with Crippen LogP contribution >= 0.6 is 0 Å². The maximum absolute atomic E-state index is 11.3. The molecular formula is C27H46N2O8S2. The van der Waals surface area contributed by atoms with Gasteiger partial charge in [0, 0.05) is 25.5 Å². The van der Waals surface area contributed by atoms with Crippen LogP contribution in [0.1, 0.15) is 55.0 Å². The average molecular weight is 593 g/mol. The molecule has 10 nitrogen and oxygen atoms in total. The Morgan fingerprint density at radius 2 is 1.38 bits per heavy atom. The molecule has 224 valence electrons. The molecule has 0 heterocycles. The van der Waals surface area contributed by atoms with Crippen molar-refractivity contribution in [3.05, 3.63) is 52.9 Å². The molecule has 0 unspecified atom stereocenters. The Morgan fingerprint density at radius 3 is 1.79 bits per heavy atom. The zero-order valence-corrected chi connectivity index (χ0v) is 26.0. The summed E-state index contributed by atoms with van der Waals surface area (Å²) in [5, 5.41) is -0.611. The molecule has 0 aliphatic rings. The highest BCUT2D eigenvalue weighted by Gasteiger charge is 2.15. The molecule has 2 aromatic carbocycles. The van der Waals surface area contributed by atoms with Gasteiger partial charge in [-0.2, -0.15) is 0 Å². The lowest BCUT2D eigenvalue weighted by molar-refractivity contribution is 0.310. The van der Waals surface area contributed by atoms with E-state index in [2.05, 4.69) is 0 Å². The summed E-state index contributed by atoms with van der Waals surface area (Å²) < 4.78 is 79.4. The molecule has 0 aromatic heterocycles. The van der Waals surface area contributed by atoms with E-state index in [4.69, 9.17) is 33.2 Å². The summed E-state index contributed by atoms with van der Waals surface area (Å²) in [5.74, 6) is 2.05. The van der Waals surface area contributed by atoms with Gasteiger partial charge in [0.25, 0.3) is 0 Å². The van der Waals surface area contributed by atoms with Crippen molar-refractivity contribution in [2.75, 3.05) is 45.7 Å². The number of sulfone groups is 2. The van der Waals surface area contributed by atoms with Gasteiger partial charge in [-0.05, 0) is 49.7 Å². The number of rotatable bonds is 11. The van der Waals surface area contributed by atoms with Crippen LogP contribution in [-0.2, 0) is 19.7 Å². The van der Waals surface area contributed by atoms with Gasteiger partial charge >= 0.3 is 0 Å². The molecule has 0 spiro atoms. The Kier molecular flexibility index (Phi) is 16.0. The lowest BCUT2D eigenvalue weighted by atomic mass is 10.1. The van der Waals surface area contributed by atoms with Crippen molar-refractivity contribution in [2.24, 2.45) is 11.5 Å². The predicted molar refractivity (Wildman–Crippen MR) is 160 cm³/mol. The molecule has 0 saturated heterocycles. The van der Waals surface area contributed by atoms with Crippen LogP contribution in [0.5, 0.6) is 23.0 Å². The highest BCUT2D eigenvalue weighted by molar-refractivity contribution is 7.93. The molecule has 0 aliphatic carbocycles. The minimum absolute atomic E-state index is 0.0924. The first-order chi connectivity index (χ1) is 19.2. The van der Waals surface area contributed by atoms with Crippen molar-refractivity contribution in [1.29, 1.82) is 0 Å². The van der Waals surface area contributed by atoms with Gasteiger partial charge in [-0.15, -0.1) is 0 Å². The van der Waals surface area contributed by atoms with E-state index in [-0.39, 0.29) is 11.4 Å². The van der Waals surface area contributed by atoms with E-state index in [1.54, 1.807) is 43.5 Å². The highest BCUT2D eigenvalue weighted by atomic mass is 32.2. The lowest BCUT2D eigenvalue weighted by Crippen LogP contribution is -2.20. The van der Waals surface area contributed by atoms with E-state index < -0.39 is 31.1 Å². The summed E-state index contributed by atoms with van der Waals surface area (Å²) in [6, 6.07) is 9.37. The Balaban J connectivity index is 0. The van der Waals surface area contributed by atoms with E-state index in [0.29, 0.717) is 47.3 Å². The van der Waals surface area contributed by atoms with E-state index in [1.807, 2.05) is 27.7 Å². The SMILES string of the molecule is CC.CCOc1cc([C@H](N)CS(C)(=O)=O)ccc1OC.[2H]C.[2H]C(=C(N)c1ccc(OC)c(OCC)c1)S(C)(=O)=O. The van der Waals surface area contributed by atoms with Gasteiger partial charge < -0.3 is 30.4 Å². The van der Waals surface area contributed by atoms with Gasteiger partial charge in [0.05, 0.1) is 45.6 Å². The summed E-state index contributed by atoms with van der Waals surface area (Å²) in [4.78, 5) is 0. The lowest BCUT2D eigenvalue weighted by Gasteiger charge is -2.15. The van der Waals surface area contributed by atoms with Crippen molar-refractivity contribution in [3.8, 4) is 23.0 Å². The molecule has 0 aliphatic heterocycles. The molecule has 39 heavy (non-hydrogen) atoms. The fraction of sp³-hybridized carbons (Fsp3) is 0.481. The van der Waals surface area contributed by atoms with Crippen LogP contribution in [0.15, 0.2) is 41.8 Å². The van der Waals surface area contributed by atoms with E-state index >= 15 is 0 Å². The van der Waals surface area contributed by atoms with Crippen LogP contribution in [0, 0.1) is 0 Å². The van der Waals surface area contributed by atoms with Gasteiger partial charge in [0.1, 0.15) is 9.84 Å². The molecule has 4 N–H and O–H groups in total. The monoisotopic (exact) mass is 592 g/mol. The van der Waals surface area contributed by atoms with Crippen LogP contribution in [0.25, 0.3) is 5.70 Å². The molecular weight excluding hydrogens is 544 g/mol. The topological polar surface area (TPSA) is 157 Å². The van der Waals surface area contributed by atoms with E-state index in [0.717, 1.165) is 6.26 Å². The number of ether oxygens (including phenoxy) is 4. The van der Waals surface area contributed by atoms with Gasteiger partial charge in [-0.25, -0.2) is 16.8 Å². The number of nitrogens with two attached hydrogens (primary N) is 2. The second-order valence-corrected chi connectivity index (χ2v) is 11.6. The second-order valence-electron chi connectivity index (χ2n) is 7.63. The molecule has 12 heteroatoms. The zero-order valence-electron chi connectivity index (χ0n) is 26.4. The number of hydrogen-bond donors (Lipinski definition) is 2. The minimum atomic E-state index is -3.64. The van der Waals surface area contributed by atoms with Crippen molar-refractivity contribution < 1.29 is 38.5 Å². The third-order valence-corrected chi connectivity index (χ3v) is 6.02. The van der Waals surface area contributed by atoms with Gasteiger partial charge in [-0.1, -0.05) is 27.3 Å². The molecule has 0 saturated carbocycles. The molecule has 2 aromatic rings. The van der Waals surface area contributed by atoms with Crippen LogP contribution in [0.3, 0.4) is 0 Å². The predicted octanol–water partition coefficient (Wildman–Crippen LogP) is 4.20. The Hall–Kier alpha value is -2.96. The second kappa shape index (κ2) is 18.3. The van der Waals surface area contributed by atoms with Crippen LogP contribution < -0.4 is 30.4 Å². The van der Waals surface area contributed by atoms with Crippen LogP contribution in [0.2, 0.25) is 0 Å². The number of hydrogen-bond acceptors (Lipinski definition) is 10. The first-order valence-corrected chi connectivity index (χ1v) is 15.8. The molecule has 1 atom stereocenters. The van der Waals surface area contributed by atoms with E-state index in [1.165, 1.54) is 20.8 Å². The maximum Gasteiger partial charge on any atom is 0.170 e. The Bertz CT molecular complexity index is 1300. The normalized spacial score (nSPS) is 12.7. The first-order valence-electron chi connectivity index (χ1n) is 13.4. The van der Waals surface area contributed by atoms with Gasteiger partial charge in [0.15, 0.2) is 32.8 Å². The molecule has 2 rings (SSSR count). The van der Waals surface area contributed by atoms with Crippen molar-refractivity contribution >= 4 is 25.4 Å². The number of methoxy groups -OCH3 is 2. The molecule has 0 bridgehead atoms. The zero-order chi connectivity index (χ0) is 32.4. The van der Waals surface area contributed by atoms with Gasteiger partial charge in [0.2, 0.25) is 0 Å². The average Bonchev–Trinajstić information content (AvgIpc) is 2.93. The fourth-order valence-corrected chi connectivity index (χ4v) is 4.35. The summed E-state index contributed by atoms with van der Waals surface area (Å²) in [7, 11) is -2.45. The number of benzene rings is 2. The van der Waals surface area contributed by atoms with Crippen LogP contribution in [-0.4, -0.2) is 62.5 Å². The van der Waals surface area contributed by atoms with Crippen molar-refractivity contribution in [1.82, 2.24) is 0 Å². The standard InChI is InChI=1S/C12H19NO4S.C12H17NO4S.C2H6.CH4/c2*1-4-17-12-7-9(5-6-11(12)16-2)10(13)8-18(3,14)15;1-2;/h5-7,10H,4,8,13H2,1-3H3;5-8H,4,13H2,1-3H3;1-2H3;1H4/t10-;;;/m1.../s1/i;8D;;1D. The van der Waals surface area contributed by atoms with E-state index in [9.17, 15) is 16.8 Å². The Morgan fingerprint density at radius 1 is 0.923 bits per heavy atom. The van der Waals surface area contributed by atoms with Crippen molar-refractivity contribution in [2.45, 2.75) is 41.1 Å². The van der Waals surface area contributed by atoms with Crippen molar-refractivity contribution in [3.63, 3.8) is 0 Å². The summed E-state index contributed by atoms with van der Waals surface area (Å²) >= 11 is 0. The third kappa shape index (κ3) is 14.7. The molecule has 0 amide bonds. The van der Waals surface area contributed by atoms with Gasteiger partial charge in [-0.3, -0.25) is 0 Å². The van der Waals surface area contributed by atoms with Crippen LogP contribution in [0.4, 0.5) is 0 Å². The Labute approximate surface area is 237 Å². The largest absolute Gasteiger partial charge is 0.493 e. The fourth-order valence-electron chi connectivity index (χ4n) is 2.99. The summed E-state index contributed by atoms with van der Waals surface area (Å²) in [6.45, 7) is 8.62. The smallest absolute Gasteiger partial charge is 0.170 e.